The van der Waals surface area contributed by atoms with Crippen LogP contribution in [0.5, 0.6) is 0 Å². The number of rotatable bonds is 5. The summed E-state index contributed by atoms with van der Waals surface area (Å²) in [6.07, 6.45) is 0. The lowest BCUT2D eigenvalue weighted by atomic mass is 10.1. The van der Waals surface area contributed by atoms with Crippen molar-refractivity contribution in [1.82, 2.24) is 5.32 Å². The average molecular weight is 254 g/mol. The lowest BCUT2D eigenvalue weighted by Gasteiger charge is -2.19. The Balaban J connectivity index is 0.000000331. The zero-order valence-electron chi connectivity index (χ0n) is 11.6. The monoisotopic (exact) mass is 254 g/mol. The molecule has 1 aromatic rings. The molecule has 0 aromatic heterocycles. The zero-order valence-corrected chi connectivity index (χ0v) is 11.6. The first-order valence-corrected chi connectivity index (χ1v) is 6.25. The molecule has 1 rings (SSSR count). The highest BCUT2D eigenvalue weighted by atomic mass is 16.3. The van der Waals surface area contributed by atoms with E-state index in [1.807, 2.05) is 30.3 Å². The molecule has 0 aliphatic heterocycles. The largest absolute Gasteiger partial charge is 0.395 e. The van der Waals surface area contributed by atoms with Gasteiger partial charge in [-0.1, -0.05) is 18.2 Å². The van der Waals surface area contributed by atoms with Crippen molar-refractivity contribution in [2.75, 3.05) is 31.6 Å². The molecule has 18 heavy (non-hydrogen) atoms. The van der Waals surface area contributed by atoms with Crippen LogP contribution in [-0.4, -0.2) is 42.1 Å². The van der Waals surface area contributed by atoms with Crippen molar-refractivity contribution in [2.24, 2.45) is 0 Å². The van der Waals surface area contributed by atoms with E-state index in [1.165, 1.54) is 0 Å². The molecule has 0 spiro atoms. The van der Waals surface area contributed by atoms with Crippen molar-refractivity contribution in [1.29, 1.82) is 0 Å². The number of nitrogens with one attached hydrogen (secondary N) is 2. The SMILES string of the molecule is CC(C)(C)NCCO.OCCNc1ccccc1. The van der Waals surface area contributed by atoms with E-state index in [9.17, 15) is 0 Å². The molecule has 104 valence electrons. The Labute approximate surface area is 110 Å². The third-order valence-corrected chi connectivity index (χ3v) is 1.98. The number of β-amino-alcohol motifs (C(OH)–C–C–N with tert-alkyl or cyclic N) is 1. The van der Waals surface area contributed by atoms with E-state index in [-0.39, 0.29) is 18.8 Å². The first kappa shape index (κ1) is 16.9. The minimum atomic E-state index is 0.142. The molecule has 0 aliphatic carbocycles. The maximum atomic E-state index is 8.47. The van der Waals surface area contributed by atoms with Gasteiger partial charge in [0.05, 0.1) is 13.2 Å². The van der Waals surface area contributed by atoms with Crippen molar-refractivity contribution in [2.45, 2.75) is 26.3 Å². The third-order valence-electron chi connectivity index (χ3n) is 1.98. The van der Waals surface area contributed by atoms with Gasteiger partial charge in [-0.25, -0.2) is 0 Å². The average Bonchev–Trinajstić information content (AvgIpc) is 2.35. The van der Waals surface area contributed by atoms with Crippen LogP contribution >= 0.6 is 0 Å². The van der Waals surface area contributed by atoms with Crippen LogP contribution in [0.2, 0.25) is 0 Å². The number of aliphatic hydroxyl groups excluding tert-OH is 2. The van der Waals surface area contributed by atoms with Gasteiger partial charge >= 0.3 is 0 Å². The number of hydrogen-bond acceptors (Lipinski definition) is 4. The Bertz CT molecular complexity index is 284. The molecule has 0 saturated heterocycles. The summed E-state index contributed by atoms with van der Waals surface area (Å²) >= 11 is 0. The second kappa shape index (κ2) is 9.88. The van der Waals surface area contributed by atoms with Crippen LogP contribution in [-0.2, 0) is 0 Å². The Morgan fingerprint density at radius 1 is 0.944 bits per heavy atom. The van der Waals surface area contributed by atoms with Gasteiger partial charge in [0.15, 0.2) is 0 Å². The van der Waals surface area contributed by atoms with Gasteiger partial charge in [-0.2, -0.15) is 0 Å². The van der Waals surface area contributed by atoms with Gasteiger partial charge in [0, 0.05) is 24.3 Å². The minimum Gasteiger partial charge on any atom is -0.395 e. The summed E-state index contributed by atoms with van der Waals surface area (Å²) in [4.78, 5) is 0. The topological polar surface area (TPSA) is 64.5 Å². The summed E-state index contributed by atoms with van der Waals surface area (Å²) in [5.74, 6) is 0. The van der Waals surface area contributed by atoms with Gasteiger partial charge in [-0.15, -0.1) is 0 Å². The normalized spacial score (nSPS) is 10.5. The minimum absolute atomic E-state index is 0.142. The van der Waals surface area contributed by atoms with E-state index in [2.05, 4.69) is 31.4 Å². The van der Waals surface area contributed by atoms with Crippen molar-refractivity contribution in [3.8, 4) is 0 Å². The van der Waals surface area contributed by atoms with Gasteiger partial charge in [-0.3, -0.25) is 0 Å². The summed E-state index contributed by atoms with van der Waals surface area (Å²) in [6.45, 7) is 7.91. The molecular weight excluding hydrogens is 228 g/mol. The van der Waals surface area contributed by atoms with Crippen LogP contribution in [0.4, 0.5) is 5.69 Å². The first-order chi connectivity index (χ1) is 8.49. The molecular formula is C14H26N2O2. The summed E-state index contributed by atoms with van der Waals surface area (Å²) in [6, 6.07) is 9.81. The highest BCUT2D eigenvalue weighted by Crippen LogP contribution is 2.03. The molecule has 0 aliphatic rings. The van der Waals surface area contributed by atoms with Gasteiger partial charge in [-0.05, 0) is 32.9 Å². The van der Waals surface area contributed by atoms with E-state index in [4.69, 9.17) is 10.2 Å². The lowest BCUT2D eigenvalue weighted by Crippen LogP contribution is -2.37. The number of para-hydroxylation sites is 1. The number of benzene rings is 1. The molecule has 1 aromatic carbocycles. The van der Waals surface area contributed by atoms with Crippen molar-refractivity contribution in [3.05, 3.63) is 30.3 Å². The molecule has 0 bridgehead atoms. The van der Waals surface area contributed by atoms with Gasteiger partial charge in [0.2, 0.25) is 0 Å². The van der Waals surface area contributed by atoms with Gasteiger partial charge in [0.25, 0.3) is 0 Å². The highest BCUT2D eigenvalue weighted by Gasteiger charge is 2.05. The Morgan fingerprint density at radius 3 is 1.89 bits per heavy atom. The molecule has 4 nitrogen and oxygen atoms in total. The summed E-state index contributed by atoms with van der Waals surface area (Å²) in [7, 11) is 0. The summed E-state index contributed by atoms with van der Waals surface area (Å²) in [5.41, 5.74) is 1.19. The second-order valence-corrected chi connectivity index (χ2v) is 4.92. The van der Waals surface area contributed by atoms with E-state index in [0.717, 1.165) is 5.69 Å². The van der Waals surface area contributed by atoms with E-state index in [1.54, 1.807) is 0 Å². The fraction of sp³-hybridized carbons (Fsp3) is 0.571. The lowest BCUT2D eigenvalue weighted by molar-refractivity contribution is 0.272. The Hall–Kier alpha value is -1.10. The number of anilines is 1. The molecule has 4 N–H and O–H groups in total. The first-order valence-electron chi connectivity index (χ1n) is 6.25. The van der Waals surface area contributed by atoms with Gasteiger partial charge < -0.3 is 20.8 Å². The van der Waals surface area contributed by atoms with Crippen LogP contribution in [0.1, 0.15) is 20.8 Å². The highest BCUT2D eigenvalue weighted by molar-refractivity contribution is 5.42. The number of aliphatic hydroxyl groups is 2. The Morgan fingerprint density at radius 2 is 1.50 bits per heavy atom. The molecule has 4 heteroatoms. The maximum Gasteiger partial charge on any atom is 0.0604 e. The van der Waals surface area contributed by atoms with E-state index in [0.29, 0.717) is 13.1 Å². The molecule has 0 unspecified atom stereocenters. The smallest absolute Gasteiger partial charge is 0.0604 e. The molecule has 0 fully saturated rings. The molecule has 0 atom stereocenters. The fourth-order valence-corrected chi connectivity index (χ4v) is 1.19. The third kappa shape index (κ3) is 11.4. The van der Waals surface area contributed by atoms with Crippen LogP contribution < -0.4 is 10.6 Å². The van der Waals surface area contributed by atoms with Crippen LogP contribution in [0, 0.1) is 0 Å². The predicted molar refractivity (Wildman–Crippen MR) is 76.9 cm³/mol. The van der Waals surface area contributed by atoms with Crippen molar-refractivity contribution < 1.29 is 10.2 Å². The standard InChI is InChI=1S/C8H11NO.C6H15NO/c10-7-6-9-8-4-2-1-3-5-8;1-6(2,3)7-4-5-8/h1-5,9-10H,6-7H2;7-8H,4-5H2,1-3H3. The fourth-order valence-electron chi connectivity index (χ4n) is 1.19. The summed E-state index contributed by atoms with van der Waals surface area (Å²) in [5, 5.41) is 23.0. The van der Waals surface area contributed by atoms with E-state index >= 15 is 0 Å². The quantitative estimate of drug-likeness (QED) is 0.642. The van der Waals surface area contributed by atoms with Crippen molar-refractivity contribution in [3.63, 3.8) is 0 Å². The molecule has 0 heterocycles. The number of hydrogen-bond donors (Lipinski definition) is 4. The van der Waals surface area contributed by atoms with E-state index < -0.39 is 0 Å². The molecule has 0 radical (unpaired) electrons. The zero-order chi connectivity index (χ0) is 13.9. The van der Waals surface area contributed by atoms with Crippen LogP contribution in [0.25, 0.3) is 0 Å². The van der Waals surface area contributed by atoms with Crippen LogP contribution in [0.3, 0.4) is 0 Å². The van der Waals surface area contributed by atoms with Crippen molar-refractivity contribution >= 4 is 5.69 Å². The predicted octanol–water partition coefficient (Wildman–Crippen LogP) is 1.46. The second-order valence-electron chi connectivity index (χ2n) is 4.92. The molecule has 0 amide bonds. The Kier molecular flexibility index (Phi) is 9.28. The van der Waals surface area contributed by atoms with Crippen LogP contribution in [0.15, 0.2) is 30.3 Å². The maximum absolute atomic E-state index is 8.47. The summed E-state index contributed by atoms with van der Waals surface area (Å²) < 4.78 is 0. The van der Waals surface area contributed by atoms with Gasteiger partial charge in [0.1, 0.15) is 0 Å². The molecule has 0 saturated carbocycles.